The maximum Gasteiger partial charge on any atom is 0.109 e. The topological polar surface area (TPSA) is 24.9 Å². The van der Waals surface area contributed by atoms with Gasteiger partial charge in [-0.05, 0) is 38.0 Å². The van der Waals surface area contributed by atoms with E-state index in [-0.39, 0.29) is 0 Å². The monoisotopic (exact) mass is 252 g/mol. The van der Waals surface area contributed by atoms with Crippen molar-refractivity contribution in [1.82, 2.24) is 10.3 Å². The van der Waals surface area contributed by atoms with Crippen molar-refractivity contribution >= 4 is 11.3 Å². The van der Waals surface area contributed by atoms with Crippen LogP contribution in [-0.2, 0) is 6.42 Å². The molecule has 0 amide bonds. The molecule has 1 heterocycles. The molecule has 1 N–H and O–H groups in total. The van der Waals surface area contributed by atoms with Crippen molar-refractivity contribution in [3.63, 3.8) is 0 Å². The van der Waals surface area contributed by atoms with Crippen molar-refractivity contribution in [1.29, 1.82) is 0 Å². The summed E-state index contributed by atoms with van der Waals surface area (Å²) < 4.78 is 0. The molecule has 2 rings (SSSR count). The summed E-state index contributed by atoms with van der Waals surface area (Å²) in [6.45, 7) is 9.09. The molecule has 1 unspecified atom stereocenters. The van der Waals surface area contributed by atoms with Gasteiger partial charge in [-0.2, -0.15) is 0 Å². The number of thiazole rings is 1. The summed E-state index contributed by atoms with van der Waals surface area (Å²) in [6.07, 6.45) is 5.81. The molecule has 0 bridgehead atoms. The van der Waals surface area contributed by atoms with Gasteiger partial charge in [0.1, 0.15) is 5.01 Å². The average molecular weight is 252 g/mol. The average Bonchev–Trinajstić information content (AvgIpc) is 2.70. The van der Waals surface area contributed by atoms with Gasteiger partial charge in [0.15, 0.2) is 0 Å². The van der Waals surface area contributed by atoms with Gasteiger partial charge < -0.3 is 5.32 Å². The van der Waals surface area contributed by atoms with Crippen LogP contribution in [0.1, 0.15) is 56.5 Å². The minimum absolute atomic E-state index is 0.415. The molecule has 0 aliphatic heterocycles. The van der Waals surface area contributed by atoms with Gasteiger partial charge in [0.2, 0.25) is 0 Å². The second-order valence-electron chi connectivity index (χ2n) is 5.58. The van der Waals surface area contributed by atoms with E-state index in [1.54, 1.807) is 0 Å². The van der Waals surface area contributed by atoms with Crippen LogP contribution in [0.2, 0.25) is 0 Å². The van der Waals surface area contributed by atoms with E-state index in [1.807, 2.05) is 17.5 Å². The lowest BCUT2D eigenvalue weighted by atomic mass is 9.73. The second-order valence-corrected chi connectivity index (χ2v) is 6.73. The first kappa shape index (κ1) is 13.0. The predicted octanol–water partition coefficient (Wildman–Crippen LogP) is 3.79. The summed E-state index contributed by atoms with van der Waals surface area (Å²) in [5.74, 6) is 1.78. The van der Waals surface area contributed by atoms with Gasteiger partial charge in [0, 0.05) is 17.1 Å². The third-order valence-electron chi connectivity index (χ3n) is 3.89. The molecule has 1 aromatic rings. The SMILES string of the molecule is CCc1cnc(C(C)NC2CC(C(C)C)C2)s1. The molecule has 1 aromatic heterocycles. The third kappa shape index (κ3) is 3.08. The quantitative estimate of drug-likeness (QED) is 0.862. The fourth-order valence-corrected chi connectivity index (χ4v) is 3.32. The molecule has 0 radical (unpaired) electrons. The van der Waals surface area contributed by atoms with Crippen LogP contribution in [0.5, 0.6) is 0 Å². The zero-order valence-corrected chi connectivity index (χ0v) is 12.2. The first-order valence-corrected chi connectivity index (χ1v) is 7.62. The Morgan fingerprint density at radius 1 is 1.41 bits per heavy atom. The van der Waals surface area contributed by atoms with Gasteiger partial charge in [-0.3, -0.25) is 0 Å². The number of nitrogens with one attached hydrogen (secondary N) is 1. The molecule has 17 heavy (non-hydrogen) atoms. The molecule has 1 saturated carbocycles. The molecule has 96 valence electrons. The smallest absolute Gasteiger partial charge is 0.109 e. The van der Waals surface area contributed by atoms with E-state index < -0.39 is 0 Å². The Labute approximate surface area is 109 Å². The Morgan fingerprint density at radius 2 is 2.12 bits per heavy atom. The van der Waals surface area contributed by atoms with Crippen LogP contribution in [0, 0.1) is 11.8 Å². The van der Waals surface area contributed by atoms with Crippen molar-refractivity contribution in [2.75, 3.05) is 0 Å². The summed E-state index contributed by atoms with van der Waals surface area (Å²) >= 11 is 1.85. The molecule has 0 spiro atoms. The Kier molecular flexibility index (Phi) is 4.21. The zero-order chi connectivity index (χ0) is 12.4. The van der Waals surface area contributed by atoms with Crippen LogP contribution in [-0.4, -0.2) is 11.0 Å². The van der Waals surface area contributed by atoms with Gasteiger partial charge in [-0.25, -0.2) is 4.98 Å². The van der Waals surface area contributed by atoms with E-state index in [2.05, 4.69) is 38.0 Å². The van der Waals surface area contributed by atoms with Crippen LogP contribution in [0.3, 0.4) is 0 Å². The van der Waals surface area contributed by atoms with Crippen molar-refractivity contribution < 1.29 is 0 Å². The highest BCUT2D eigenvalue weighted by Gasteiger charge is 2.32. The van der Waals surface area contributed by atoms with Gasteiger partial charge in [0.25, 0.3) is 0 Å². The van der Waals surface area contributed by atoms with E-state index in [0.717, 1.165) is 18.3 Å². The highest BCUT2D eigenvalue weighted by molar-refractivity contribution is 7.11. The van der Waals surface area contributed by atoms with Crippen LogP contribution in [0.25, 0.3) is 0 Å². The van der Waals surface area contributed by atoms with Crippen LogP contribution < -0.4 is 5.32 Å². The first-order valence-electron chi connectivity index (χ1n) is 6.80. The predicted molar refractivity (Wildman–Crippen MR) is 74.4 cm³/mol. The Hall–Kier alpha value is -0.410. The van der Waals surface area contributed by atoms with E-state index in [9.17, 15) is 0 Å². The lowest BCUT2D eigenvalue weighted by molar-refractivity contribution is 0.159. The van der Waals surface area contributed by atoms with E-state index in [1.165, 1.54) is 22.7 Å². The normalized spacial score (nSPS) is 25.9. The summed E-state index contributed by atoms with van der Waals surface area (Å²) in [7, 11) is 0. The summed E-state index contributed by atoms with van der Waals surface area (Å²) in [5, 5.41) is 4.95. The first-order chi connectivity index (χ1) is 8.10. The fraction of sp³-hybridized carbons (Fsp3) is 0.786. The molecule has 2 nitrogen and oxygen atoms in total. The van der Waals surface area contributed by atoms with E-state index in [0.29, 0.717) is 12.1 Å². The Morgan fingerprint density at radius 3 is 2.65 bits per heavy atom. The lowest BCUT2D eigenvalue weighted by Gasteiger charge is -2.39. The molecular formula is C14H24N2S. The highest BCUT2D eigenvalue weighted by Crippen LogP contribution is 2.35. The maximum atomic E-state index is 4.51. The van der Waals surface area contributed by atoms with E-state index >= 15 is 0 Å². The van der Waals surface area contributed by atoms with E-state index in [4.69, 9.17) is 0 Å². The standard InChI is InChI=1S/C14H24N2S/c1-5-13-8-15-14(17-13)10(4)16-12-6-11(7-12)9(2)3/h8-12,16H,5-7H2,1-4H3. The highest BCUT2D eigenvalue weighted by atomic mass is 32.1. The minimum atomic E-state index is 0.415. The van der Waals surface area contributed by atoms with Crippen LogP contribution >= 0.6 is 11.3 Å². The summed E-state index contributed by atoms with van der Waals surface area (Å²) in [4.78, 5) is 5.90. The largest absolute Gasteiger partial charge is 0.305 e. The van der Waals surface area contributed by atoms with Crippen molar-refractivity contribution in [2.24, 2.45) is 11.8 Å². The number of aryl methyl sites for hydroxylation is 1. The fourth-order valence-electron chi connectivity index (χ4n) is 2.45. The molecule has 0 aromatic carbocycles. The van der Waals surface area contributed by atoms with Gasteiger partial charge in [0.05, 0.1) is 6.04 Å². The number of hydrogen-bond donors (Lipinski definition) is 1. The summed E-state index contributed by atoms with van der Waals surface area (Å²) in [6, 6.07) is 1.13. The number of hydrogen-bond acceptors (Lipinski definition) is 3. The van der Waals surface area contributed by atoms with Crippen LogP contribution in [0.15, 0.2) is 6.20 Å². The Bertz CT molecular complexity index is 353. The molecule has 1 atom stereocenters. The molecule has 1 aliphatic carbocycles. The van der Waals surface area contributed by atoms with Gasteiger partial charge in [-0.1, -0.05) is 20.8 Å². The minimum Gasteiger partial charge on any atom is -0.305 e. The Balaban J connectivity index is 1.80. The second kappa shape index (κ2) is 5.49. The molecule has 1 fully saturated rings. The lowest BCUT2D eigenvalue weighted by Crippen LogP contribution is -2.43. The zero-order valence-electron chi connectivity index (χ0n) is 11.4. The molecule has 0 saturated heterocycles. The number of aromatic nitrogens is 1. The van der Waals surface area contributed by atoms with Crippen molar-refractivity contribution in [3.8, 4) is 0 Å². The van der Waals surface area contributed by atoms with Crippen molar-refractivity contribution in [3.05, 3.63) is 16.1 Å². The van der Waals surface area contributed by atoms with Gasteiger partial charge >= 0.3 is 0 Å². The van der Waals surface area contributed by atoms with Crippen LogP contribution in [0.4, 0.5) is 0 Å². The molecule has 3 heteroatoms. The molecular weight excluding hydrogens is 228 g/mol. The van der Waals surface area contributed by atoms with Crippen molar-refractivity contribution in [2.45, 2.75) is 59.0 Å². The third-order valence-corrected chi connectivity index (χ3v) is 5.22. The summed E-state index contributed by atoms with van der Waals surface area (Å²) in [5.41, 5.74) is 0. The molecule has 1 aliphatic rings. The van der Waals surface area contributed by atoms with Gasteiger partial charge in [-0.15, -0.1) is 11.3 Å². The maximum absolute atomic E-state index is 4.51. The number of nitrogens with zero attached hydrogens (tertiary/aromatic N) is 1. The number of rotatable bonds is 5.